The van der Waals surface area contributed by atoms with E-state index < -0.39 is 29.8 Å². The average Bonchev–Trinajstić information content (AvgIpc) is 3.07. The number of amides is 3. The molecule has 0 aliphatic carbocycles. The molecule has 1 N–H and O–H groups in total. The third-order valence-electron chi connectivity index (χ3n) is 4.52. The zero-order chi connectivity index (χ0) is 18.5. The van der Waals surface area contributed by atoms with Crippen LogP contribution in [0.5, 0.6) is 5.75 Å². The Labute approximate surface area is 162 Å². The fraction of sp³-hybridized carbons (Fsp3) is 0.235. The molecule has 26 heavy (non-hydrogen) atoms. The van der Waals surface area contributed by atoms with E-state index in [1.807, 2.05) is 0 Å². The van der Waals surface area contributed by atoms with E-state index in [9.17, 15) is 14.4 Å². The molecule has 3 amide bonds. The van der Waals surface area contributed by atoms with Gasteiger partial charge in [-0.1, -0.05) is 41.4 Å². The largest absolute Gasteiger partial charge is 0.493 e. The first-order valence-electron chi connectivity index (χ1n) is 7.77. The van der Waals surface area contributed by atoms with E-state index in [1.165, 1.54) is 6.07 Å². The second kappa shape index (κ2) is 6.26. The molecule has 0 radical (unpaired) electrons. The second-order valence-corrected chi connectivity index (χ2v) is 8.27. The summed E-state index contributed by atoms with van der Waals surface area (Å²) >= 11 is 12.9. The van der Waals surface area contributed by atoms with Crippen molar-refractivity contribution in [1.82, 2.24) is 10.2 Å². The zero-order valence-electron chi connectivity index (χ0n) is 13.3. The second-order valence-electron chi connectivity index (χ2n) is 5.98. The molecule has 1 aromatic carbocycles. The van der Waals surface area contributed by atoms with Gasteiger partial charge in [0.2, 0.25) is 0 Å². The van der Waals surface area contributed by atoms with Gasteiger partial charge >= 0.3 is 6.03 Å². The van der Waals surface area contributed by atoms with Crippen LogP contribution in [0.2, 0.25) is 8.67 Å². The number of carbonyl (C=O) groups is 3. The van der Waals surface area contributed by atoms with Crippen molar-refractivity contribution >= 4 is 52.3 Å². The molecule has 1 spiro atoms. The van der Waals surface area contributed by atoms with Gasteiger partial charge < -0.3 is 10.1 Å². The smallest absolute Gasteiger partial charge is 0.325 e. The van der Waals surface area contributed by atoms with Gasteiger partial charge in [-0.3, -0.25) is 14.5 Å². The Balaban J connectivity index is 1.65. The van der Waals surface area contributed by atoms with Gasteiger partial charge in [0, 0.05) is 12.0 Å². The summed E-state index contributed by atoms with van der Waals surface area (Å²) in [4.78, 5) is 39.0. The number of rotatable bonds is 3. The van der Waals surface area contributed by atoms with Crippen LogP contribution in [0.15, 0.2) is 30.3 Å². The summed E-state index contributed by atoms with van der Waals surface area (Å²) in [7, 11) is 0. The van der Waals surface area contributed by atoms with Crippen molar-refractivity contribution in [3.63, 3.8) is 0 Å². The molecule has 0 unspecified atom stereocenters. The lowest BCUT2D eigenvalue weighted by molar-refractivity contribution is -0.132. The van der Waals surface area contributed by atoms with Crippen LogP contribution in [-0.2, 0) is 10.3 Å². The lowest BCUT2D eigenvalue weighted by Crippen LogP contribution is -2.47. The number of ether oxygens (including phenoxy) is 1. The number of halogens is 2. The molecule has 6 nitrogen and oxygen atoms in total. The van der Waals surface area contributed by atoms with Crippen LogP contribution in [0, 0.1) is 0 Å². The summed E-state index contributed by atoms with van der Waals surface area (Å²) < 4.78 is 6.18. The first kappa shape index (κ1) is 17.3. The number of Topliss-reactive ketones (excluding diaryl/α,β-unsaturated/α-hetero) is 1. The molecule has 3 heterocycles. The van der Waals surface area contributed by atoms with Crippen LogP contribution in [0.25, 0.3) is 0 Å². The molecular weight excluding hydrogens is 399 g/mol. The number of hydrogen-bond donors (Lipinski definition) is 1. The Morgan fingerprint density at radius 1 is 1.31 bits per heavy atom. The first-order valence-corrected chi connectivity index (χ1v) is 9.34. The fourth-order valence-corrected chi connectivity index (χ4v) is 4.77. The molecular formula is C17H12Cl2N2O4S. The van der Waals surface area contributed by atoms with Crippen LogP contribution in [0.1, 0.15) is 22.3 Å². The van der Waals surface area contributed by atoms with Crippen LogP contribution in [0.4, 0.5) is 4.79 Å². The number of ketones is 1. The SMILES string of the molecule is O=C(CN1C(=O)N[C@@]2(CCOc3ccccc32)C1=O)c1cc(Cl)sc1Cl. The third kappa shape index (κ3) is 2.58. The fourth-order valence-electron chi connectivity index (χ4n) is 3.27. The molecule has 9 heteroatoms. The van der Waals surface area contributed by atoms with Crippen LogP contribution < -0.4 is 10.1 Å². The van der Waals surface area contributed by atoms with E-state index in [0.29, 0.717) is 22.1 Å². The number of carbonyl (C=O) groups excluding carboxylic acids is 3. The van der Waals surface area contributed by atoms with Gasteiger partial charge in [-0.05, 0) is 12.1 Å². The normalized spacial score (nSPS) is 21.5. The van der Waals surface area contributed by atoms with E-state index in [1.54, 1.807) is 24.3 Å². The van der Waals surface area contributed by atoms with Crippen molar-refractivity contribution in [2.24, 2.45) is 0 Å². The molecule has 4 rings (SSSR count). The van der Waals surface area contributed by atoms with E-state index >= 15 is 0 Å². The number of urea groups is 1. The van der Waals surface area contributed by atoms with Gasteiger partial charge in [-0.2, -0.15) is 0 Å². The van der Waals surface area contributed by atoms with E-state index in [-0.39, 0.29) is 16.5 Å². The summed E-state index contributed by atoms with van der Waals surface area (Å²) in [5.74, 6) is -0.365. The monoisotopic (exact) mass is 410 g/mol. The minimum Gasteiger partial charge on any atom is -0.493 e. The van der Waals surface area contributed by atoms with Gasteiger partial charge in [0.15, 0.2) is 11.3 Å². The Kier molecular flexibility index (Phi) is 4.17. The Bertz CT molecular complexity index is 945. The number of nitrogens with zero attached hydrogens (tertiary/aromatic N) is 1. The quantitative estimate of drug-likeness (QED) is 0.620. The van der Waals surface area contributed by atoms with E-state index in [0.717, 1.165) is 16.2 Å². The number of benzene rings is 1. The molecule has 2 aliphatic heterocycles. The Hall–Kier alpha value is -2.09. The highest BCUT2D eigenvalue weighted by Crippen LogP contribution is 2.41. The minimum absolute atomic E-state index is 0.204. The maximum atomic E-state index is 13.1. The molecule has 1 aromatic heterocycles. The lowest BCUT2D eigenvalue weighted by atomic mass is 9.84. The number of thiophene rings is 1. The van der Waals surface area contributed by atoms with Crippen molar-refractivity contribution < 1.29 is 19.1 Å². The van der Waals surface area contributed by atoms with Crippen molar-refractivity contribution in [1.29, 1.82) is 0 Å². The van der Waals surface area contributed by atoms with Crippen LogP contribution in [-0.4, -0.2) is 35.8 Å². The topological polar surface area (TPSA) is 75.7 Å². The maximum absolute atomic E-state index is 13.1. The summed E-state index contributed by atoms with van der Waals surface area (Å²) in [6, 6.07) is 7.88. The molecule has 1 saturated heterocycles. The van der Waals surface area contributed by atoms with Crippen LogP contribution >= 0.6 is 34.5 Å². The van der Waals surface area contributed by atoms with Crippen LogP contribution in [0.3, 0.4) is 0 Å². The Morgan fingerprint density at radius 3 is 2.81 bits per heavy atom. The predicted molar refractivity (Wildman–Crippen MR) is 97.1 cm³/mol. The zero-order valence-corrected chi connectivity index (χ0v) is 15.6. The van der Waals surface area contributed by atoms with E-state index in [4.69, 9.17) is 27.9 Å². The lowest BCUT2D eigenvalue weighted by Gasteiger charge is -2.33. The number of nitrogens with one attached hydrogen (secondary N) is 1. The highest BCUT2D eigenvalue weighted by Gasteiger charge is 2.55. The third-order valence-corrected chi connectivity index (χ3v) is 6.00. The maximum Gasteiger partial charge on any atom is 0.325 e. The summed E-state index contributed by atoms with van der Waals surface area (Å²) in [6.45, 7) is -0.112. The van der Waals surface area contributed by atoms with Gasteiger partial charge in [-0.25, -0.2) is 4.79 Å². The minimum atomic E-state index is -1.21. The summed E-state index contributed by atoms with van der Waals surface area (Å²) in [5.41, 5.74) is -0.408. The van der Waals surface area contributed by atoms with Crippen molar-refractivity contribution in [2.75, 3.05) is 13.2 Å². The van der Waals surface area contributed by atoms with Crippen molar-refractivity contribution in [2.45, 2.75) is 12.0 Å². The number of hydrogen-bond acceptors (Lipinski definition) is 5. The van der Waals surface area contributed by atoms with Gasteiger partial charge in [-0.15, -0.1) is 11.3 Å². The summed E-state index contributed by atoms with van der Waals surface area (Å²) in [5, 5.41) is 2.75. The number of fused-ring (bicyclic) bond motifs is 2. The molecule has 1 atom stereocenters. The number of imide groups is 1. The molecule has 1 fully saturated rings. The van der Waals surface area contributed by atoms with Gasteiger partial charge in [0.25, 0.3) is 5.91 Å². The number of para-hydroxylation sites is 1. The van der Waals surface area contributed by atoms with Crippen molar-refractivity contribution in [3.05, 3.63) is 50.1 Å². The summed E-state index contributed by atoms with van der Waals surface area (Å²) in [6.07, 6.45) is 0.296. The standard InChI is InChI=1S/C17H12Cl2N2O4S/c18-13-7-9(14(19)26-13)11(22)8-21-15(23)17(20-16(21)24)5-6-25-12-4-2-1-3-10(12)17/h1-4,7H,5-6,8H2,(H,20,24)/t17-/m1/s1. The average molecular weight is 411 g/mol. The highest BCUT2D eigenvalue weighted by atomic mass is 35.5. The molecule has 0 saturated carbocycles. The molecule has 2 aromatic rings. The van der Waals surface area contributed by atoms with E-state index in [2.05, 4.69) is 5.32 Å². The predicted octanol–water partition coefficient (Wildman–Crippen LogP) is 3.47. The van der Waals surface area contributed by atoms with Gasteiger partial charge in [0.05, 0.1) is 23.1 Å². The van der Waals surface area contributed by atoms with Crippen molar-refractivity contribution in [3.8, 4) is 5.75 Å². The molecule has 134 valence electrons. The first-order chi connectivity index (χ1) is 12.4. The highest BCUT2D eigenvalue weighted by molar-refractivity contribution is 7.20. The molecule has 2 aliphatic rings. The van der Waals surface area contributed by atoms with Gasteiger partial charge in [0.1, 0.15) is 10.1 Å². The molecule has 0 bridgehead atoms. The Morgan fingerprint density at radius 2 is 2.08 bits per heavy atom.